The Bertz CT molecular complexity index is 1260. The largest absolute Gasteiger partial charge is 0.497 e. The number of carbonyl (C=O) groups excluding carboxylic acids is 1. The summed E-state index contributed by atoms with van der Waals surface area (Å²) in [5.74, 6) is -0.261. The van der Waals surface area contributed by atoms with Crippen molar-refractivity contribution < 1.29 is 27.1 Å². The number of aryl methyl sites for hydroxylation is 1. The quantitative estimate of drug-likeness (QED) is 0.490. The van der Waals surface area contributed by atoms with E-state index in [1.165, 1.54) is 44.6 Å². The molecular weight excluding hydrogens is 459 g/mol. The smallest absolute Gasteiger partial charge is 0.264 e. The maximum absolute atomic E-state index is 14.6. The van der Waals surface area contributed by atoms with Crippen LogP contribution in [0.1, 0.15) is 24.1 Å². The van der Waals surface area contributed by atoms with E-state index in [4.69, 9.17) is 9.47 Å². The number of para-hydroxylation sites is 1. The van der Waals surface area contributed by atoms with Gasteiger partial charge >= 0.3 is 0 Å². The van der Waals surface area contributed by atoms with Crippen molar-refractivity contribution in [2.24, 2.45) is 0 Å². The van der Waals surface area contributed by atoms with Crippen LogP contribution < -0.4 is 19.1 Å². The van der Waals surface area contributed by atoms with Gasteiger partial charge in [0.2, 0.25) is 5.91 Å². The Morgan fingerprint density at radius 1 is 1.03 bits per heavy atom. The molecule has 0 bridgehead atoms. The van der Waals surface area contributed by atoms with E-state index >= 15 is 0 Å². The van der Waals surface area contributed by atoms with Gasteiger partial charge in [-0.05, 0) is 56.3 Å². The number of amides is 1. The monoisotopic (exact) mass is 486 g/mol. The lowest BCUT2D eigenvalue weighted by molar-refractivity contribution is -0.120. The number of sulfonamides is 1. The predicted molar refractivity (Wildman–Crippen MR) is 128 cm³/mol. The van der Waals surface area contributed by atoms with E-state index in [1.54, 1.807) is 37.3 Å². The zero-order chi connectivity index (χ0) is 24.9. The summed E-state index contributed by atoms with van der Waals surface area (Å²) in [5, 5.41) is 2.77. The summed E-state index contributed by atoms with van der Waals surface area (Å²) in [6.07, 6.45) is 0. The summed E-state index contributed by atoms with van der Waals surface area (Å²) in [4.78, 5) is 13.0. The van der Waals surface area contributed by atoms with E-state index in [0.29, 0.717) is 17.1 Å². The number of carbonyl (C=O) groups is 1. The van der Waals surface area contributed by atoms with Gasteiger partial charge in [-0.25, -0.2) is 12.8 Å². The van der Waals surface area contributed by atoms with Crippen LogP contribution in [-0.2, 0) is 14.8 Å². The molecule has 3 aromatic rings. The standard InChI is InChI=1S/C25H27FN2O5S/c1-17-9-12-20(13-10-17)34(30,31)28(23-8-6-5-7-22(23)26)16-25(29)27-18(2)21-15-19(32-3)11-14-24(21)33-4/h5-15,18H,16H2,1-4H3,(H,27,29). The number of nitrogens with zero attached hydrogens (tertiary/aromatic N) is 1. The van der Waals surface area contributed by atoms with Crippen LogP contribution in [0.25, 0.3) is 0 Å². The Hall–Kier alpha value is -3.59. The van der Waals surface area contributed by atoms with Crippen molar-refractivity contribution in [1.29, 1.82) is 0 Å². The third-order valence-electron chi connectivity index (χ3n) is 5.30. The zero-order valence-corrected chi connectivity index (χ0v) is 20.2. The van der Waals surface area contributed by atoms with Gasteiger partial charge in [-0.2, -0.15) is 0 Å². The van der Waals surface area contributed by atoms with Crippen molar-refractivity contribution in [2.75, 3.05) is 25.1 Å². The van der Waals surface area contributed by atoms with Crippen molar-refractivity contribution in [1.82, 2.24) is 5.32 Å². The third kappa shape index (κ3) is 5.48. The average molecular weight is 487 g/mol. The Morgan fingerprint density at radius 3 is 2.32 bits per heavy atom. The minimum atomic E-state index is -4.22. The maximum Gasteiger partial charge on any atom is 0.264 e. The number of nitrogens with one attached hydrogen (secondary N) is 1. The lowest BCUT2D eigenvalue weighted by atomic mass is 10.1. The summed E-state index contributed by atoms with van der Waals surface area (Å²) in [6, 6.07) is 16.2. The summed E-state index contributed by atoms with van der Waals surface area (Å²) >= 11 is 0. The first-order valence-corrected chi connectivity index (χ1v) is 12.0. The Labute approximate surface area is 199 Å². The summed E-state index contributed by atoms with van der Waals surface area (Å²) < 4.78 is 52.9. The fourth-order valence-electron chi connectivity index (χ4n) is 3.46. The molecule has 1 atom stereocenters. The first-order chi connectivity index (χ1) is 16.2. The molecule has 3 rings (SSSR count). The highest BCUT2D eigenvalue weighted by Crippen LogP contribution is 2.30. The van der Waals surface area contributed by atoms with E-state index in [-0.39, 0.29) is 10.6 Å². The molecule has 0 aliphatic heterocycles. The molecule has 0 spiro atoms. The van der Waals surface area contributed by atoms with Gasteiger partial charge in [0.05, 0.1) is 30.8 Å². The van der Waals surface area contributed by atoms with Crippen LogP contribution in [0.15, 0.2) is 71.6 Å². The highest BCUT2D eigenvalue weighted by molar-refractivity contribution is 7.92. The third-order valence-corrected chi connectivity index (χ3v) is 7.07. The van der Waals surface area contributed by atoms with Gasteiger partial charge in [-0.1, -0.05) is 29.8 Å². The molecule has 1 N–H and O–H groups in total. The van der Waals surface area contributed by atoms with Gasteiger partial charge in [0.1, 0.15) is 23.9 Å². The molecule has 0 heterocycles. The zero-order valence-electron chi connectivity index (χ0n) is 19.4. The van der Waals surface area contributed by atoms with Gasteiger partial charge in [-0.3, -0.25) is 9.10 Å². The summed E-state index contributed by atoms with van der Waals surface area (Å²) in [6.45, 7) is 2.94. The topological polar surface area (TPSA) is 84.9 Å². The number of anilines is 1. The second kappa shape index (κ2) is 10.6. The van der Waals surface area contributed by atoms with Gasteiger partial charge in [0, 0.05) is 5.56 Å². The molecule has 0 radical (unpaired) electrons. The Morgan fingerprint density at radius 2 is 1.71 bits per heavy atom. The molecule has 0 aromatic heterocycles. The number of ether oxygens (including phenoxy) is 2. The lowest BCUT2D eigenvalue weighted by Crippen LogP contribution is -2.42. The molecule has 0 aliphatic carbocycles. The Balaban J connectivity index is 1.92. The molecule has 180 valence electrons. The maximum atomic E-state index is 14.6. The highest BCUT2D eigenvalue weighted by atomic mass is 32.2. The van der Waals surface area contributed by atoms with E-state index in [1.807, 2.05) is 6.92 Å². The normalized spacial score (nSPS) is 12.0. The van der Waals surface area contributed by atoms with Crippen molar-refractivity contribution in [2.45, 2.75) is 24.8 Å². The number of benzene rings is 3. The van der Waals surface area contributed by atoms with Crippen LogP contribution in [0.5, 0.6) is 11.5 Å². The van der Waals surface area contributed by atoms with Gasteiger partial charge < -0.3 is 14.8 Å². The molecule has 7 nitrogen and oxygen atoms in total. The molecule has 0 saturated heterocycles. The minimum Gasteiger partial charge on any atom is -0.497 e. The van der Waals surface area contributed by atoms with Crippen LogP contribution in [0.4, 0.5) is 10.1 Å². The molecule has 1 amide bonds. The van der Waals surface area contributed by atoms with E-state index in [0.717, 1.165) is 15.9 Å². The molecule has 0 saturated carbocycles. The van der Waals surface area contributed by atoms with E-state index < -0.39 is 34.3 Å². The van der Waals surface area contributed by atoms with E-state index in [2.05, 4.69) is 5.32 Å². The molecular formula is C25H27FN2O5S. The predicted octanol–water partition coefficient (Wildman–Crippen LogP) is 4.22. The van der Waals surface area contributed by atoms with E-state index in [9.17, 15) is 17.6 Å². The second-order valence-electron chi connectivity index (χ2n) is 7.67. The van der Waals surface area contributed by atoms with Gasteiger partial charge in [0.15, 0.2) is 0 Å². The molecule has 1 unspecified atom stereocenters. The summed E-state index contributed by atoms with van der Waals surface area (Å²) in [7, 11) is -1.19. The van der Waals surface area contributed by atoms with Gasteiger partial charge in [0.25, 0.3) is 10.0 Å². The number of rotatable bonds is 9. The van der Waals surface area contributed by atoms with Gasteiger partial charge in [-0.15, -0.1) is 0 Å². The van der Waals surface area contributed by atoms with Crippen LogP contribution >= 0.6 is 0 Å². The lowest BCUT2D eigenvalue weighted by Gasteiger charge is -2.26. The number of methoxy groups -OCH3 is 2. The first kappa shape index (κ1) is 25.0. The van der Waals surface area contributed by atoms with Crippen molar-refractivity contribution in [3.8, 4) is 11.5 Å². The van der Waals surface area contributed by atoms with Crippen LogP contribution in [0, 0.1) is 12.7 Å². The van der Waals surface area contributed by atoms with Crippen molar-refractivity contribution >= 4 is 21.6 Å². The highest BCUT2D eigenvalue weighted by Gasteiger charge is 2.29. The molecule has 34 heavy (non-hydrogen) atoms. The molecule has 0 aliphatic rings. The molecule has 9 heteroatoms. The summed E-state index contributed by atoms with van der Waals surface area (Å²) in [5.41, 5.74) is 1.30. The van der Waals surface area contributed by atoms with Crippen molar-refractivity contribution in [3.05, 3.63) is 83.7 Å². The minimum absolute atomic E-state index is 0.0448. The fourth-order valence-corrected chi connectivity index (χ4v) is 4.89. The Kier molecular flexibility index (Phi) is 7.78. The van der Waals surface area contributed by atoms with Crippen LogP contribution in [-0.4, -0.2) is 35.1 Å². The number of hydrogen-bond donors (Lipinski definition) is 1. The first-order valence-electron chi connectivity index (χ1n) is 10.5. The van der Waals surface area contributed by atoms with Crippen molar-refractivity contribution in [3.63, 3.8) is 0 Å². The van der Waals surface area contributed by atoms with Crippen LogP contribution in [0.3, 0.4) is 0 Å². The number of halogens is 1. The van der Waals surface area contributed by atoms with Crippen LogP contribution in [0.2, 0.25) is 0 Å². The molecule has 0 fully saturated rings. The fraction of sp³-hybridized carbons (Fsp3) is 0.240. The number of hydrogen-bond acceptors (Lipinski definition) is 5. The molecule has 3 aromatic carbocycles. The second-order valence-corrected chi connectivity index (χ2v) is 9.54. The SMILES string of the molecule is COc1ccc(OC)c(C(C)NC(=O)CN(c2ccccc2F)S(=O)(=O)c2ccc(C)cc2)c1. The average Bonchev–Trinajstić information content (AvgIpc) is 2.82.